The summed E-state index contributed by atoms with van der Waals surface area (Å²) in [6.07, 6.45) is 0. The largest absolute Gasteiger partial charge is 0.480 e. The minimum atomic E-state index is -1.08. The van der Waals surface area contributed by atoms with Crippen LogP contribution in [0.3, 0.4) is 0 Å². The number of aliphatic carboxylic acids is 1. The maximum absolute atomic E-state index is 11.9. The lowest BCUT2D eigenvalue weighted by Gasteiger charge is -2.26. The third kappa shape index (κ3) is 6.64. The van der Waals surface area contributed by atoms with Gasteiger partial charge in [0.25, 0.3) is 0 Å². The zero-order valence-electron chi connectivity index (χ0n) is 11.9. The van der Waals surface area contributed by atoms with Crippen molar-refractivity contribution in [3.63, 3.8) is 0 Å². The van der Waals surface area contributed by atoms with Crippen molar-refractivity contribution in [2.45, 2.75) is 27.7 Å². The molecule has 0 aromatic heterocycles. The molecule has 0 spiro atoms. The first kappa shape index (κ1) is 17.2. The third-order valence-corrected chi connectivity index (χ3v) is 2.55. The molecule has 0 aliphatic carbocycles. The Balaban J connectivity index is 4.56. The minimum Gasteiger partial charge on any atom is -0.480 e. The molecule has 0 radical (unpaired) electrons. The Hall–Kier alpha value is -1.79. The summed E-state index contributed by atoms with van der Waals surface area (Å²) < 4.78 is 0. The summed E-state index contributed by atoms with van der Waals surface area (Å²) in [5.41, 5.74) is 4.32. The van der Waals surface area contributed by atoms with Gasteiger partial charge in [-0.25, -0.2) is 4.79 Å². The number of hydrogen-bond donors (Lipinski definition) is 3. The van der Waals surface area contributed by atoms with Crippen molar-refractivity contribution in [2.75, 3.05) is 19.6 Å². The number of primary amides is 1. The number of nitrogens with zero attached hydrogens (tertiary/aromatic N) is 1. The van der Waals surface area contributed by atoms with E-state index in [0.29, 0.717) is 6.54 Å². The van der Waals surface area contributed by atoms with Gasteiger partial charge in [0, 0.05) is 13.1 Å². The second-order valence-electron chi connectivity index (χ2n) is 5.57. The molecule has 0 bridgehead atoms. The summed E-state index contributed by atoms with van der Waals surface area (Å²) in [5, 5.41) is 11.3. The van der Waals surface area contributed by atoms with Crippen molar-refractivity contribution in [3.8, 4) is 0 Å². The molecule has 0 heterocycles. The van der Waals surface area contributed by atoms with E-state index in [1.165, 1.54) is 4.90 Å². The predicted octanol–water partition coefficient (Wildman–Crippen LogP) is 0.250. The first-order valence-corrected chi connectivity index (χ1v) is 6.10. The molecule has 3 amide bonds. The highest BCUT2D eigenvalue weighted by atomic mass is 16.4. The highest BCUT2D eigenvalue weighted by molar-refractivity contribution is 5.83. The Bertz CT molecular complexity index is 353. The molecule has 0 aromatic carbocycles. The van der Waals surface area contributed by atoms with Crippen LogP contribution in [0.5, 0.6) is 0 Å². The molecule has 19 heavy (non-hydrogen) atoms. The van der Waals surface area contributed by atoms with Gasteiger partial charge in [-0.2, -0.15) is 0 Å². The van der Waals surface area contributed by atoms with E-state index in [0.717, 1.165) is 0 Å². The maximum Gasteiger partial charge on any atom is 0.323 e. The number of carboxylic acid groups (broad SMARTS) is 1. The van der Waals surface area contributed by atoms with E-state index in [2.05, 4.69) is 5.32 Å². The SMILES string of the molecule is CC(C)CN(CC(=O)O)C(=O)NCC(C)(C)C(N)=O. The fraction of sp³-hybridized carbons (Fsp3) is 0.750. The molecular weight excluding hydrogens is 250 g/mol. The molecule has 0 atom stereocenters. The number of amides is 3. The lowest BCUT2D eigenvalue weighted by Crippen LogP contribution is -2.49. The van der Waals surface area contributed by atoms with E-state index in [9.17, 15) is 14.4 Å². The van der Waals surface area contributed by atoms with Crippen molar-refractivity contribution in [1.29, 1.82) is 0 Å². The summed E-state index contributed by atoms with van der Waals surface area (Å²) in [6, 6.07) is -0.509. The van der Waals surface area contributed by atoms with Gasteiger partial charge < -0.3 is 21.1 Å². The molecule has 7 nitrogen and oxygen atoms in total. The third-order valence-electron chi connectivity index (χ3n) is 2.55. The number of hydrogen-bond acceptors (Lipinski definition) is 3. The summed E-state index contributed by atoms with van der Waals surface area (Å²) >= 11 is 0. The van der Waals surface area contributed by atoms with Gasteiger partial charge in [0.05, 0.1) is 5.41 Å². The Labute approximate surface area is 113 Å². The lowest BCUT2D eigenvalue weighted by atomic mass is 9.93. The van der Waals surface area contributed by atoms with Crippen molar-refractivity contribution >= 4 is 17.9 Å². The number of carbonyl (C=O) groups is 3. The standard InChI is InChI=1S/C12H23N3O4/c1-8(2)5-15(6-9(16)17)11(19)14-7-12(3,4)10(13)18/h8H,5-7H2,1-4H3,(H2,13,18)(H,14,19)(H,16,17). The van der Waals surface area contributed by atoms with Gasteiger partial charge in [0.15, 0.2) is 0 Å². The number of nitrogens with two attached hydrogens (primary N) is 1. The van der Waals surface area contributed by atoms with Crippen LogP contribution in [0.15, 0.2) is 0 Å². The van der Waals surface area contributed by atoms with Gasteiger partial charge in [-0.1, -0.05) is 13.8 Å². The quantitative estimate of drug-likeness (QED) is 0.617. The first-order chi connectivity index (χ1) is 8.56. The zero-order valence-corrected chi connectivity index (χ0v) is 11.9. The Morgan fingerprint density at radius 2 is 1.84 bits per heavy atom. The lowest BCUT2D eigenvalue weighted by molar-refractivity contribution is -0.137. The monoisotopic (exact) mass is 273 g/mol. The van der Waals surface area contributed by atoms with Gasteiger partial charge in [-0.15, -0.1) is 0 Å². The Morgan fingerprint density at radius 1 is 1.32 bits per heavy atom. The summed E-state index contributed by atoms with van der Waals surface area (Å²) in [5.74, 6) is -1.46. The number of urea groups is 1. The summed E-state index contributed by atoms with van der Waals surface area (Å²) in [6.45, 7) is 7.01. The molecule has 0 aromatic rings. The second kappa shape index (κ2) is 6.96. The van der Waals surface area contributed by atoms with Crippen LogP contribution in [0.1, 0.15) is 27.7 Å². The van der Waals surface area contributed by atoms with Crippen LogP contribution in [0.2, 0.25) is 0 Å². The smallest absolute Gasteiger partial charge is 0.323 e. The average Bonchev–Trinajstić information content (AvgIpc) is 2.23. The Morgan fingerprint density at radius 3 is 2.21 bits per heavy atom. The second-order valence-corrected chi connectivity index (χ2v) is 5.57. The maximum atomic E-state index is 11.9. The van der Waals surface area contributed by atoms with Gasteiger partial charge in [-0.05, 0) is 19.8 Å². The van der Waals surface area contributed by atoms with Crippen LogP contribution in [0.4, 0.5) is 4.79 Å². The van der Waals surface area contributed by atoms with Gasteiger partial charge in [-0.3, -0.25) is 9.59 Å². The molecule has 0 saturated heterocycles. The zero-order chi connectivity index (χ0) is 15.2. The average molecular weight is 273 g/mol. The van der Waals surface area contributed by atoms with E-state index in [-0.39, 0.29) is 19.0 Å². The molecule has 0 rings (SSSR count). The van der Waals surface area contributed by atoms with Gasteiger partial charge in [0.1, 0.15) is 6.54 Å². The molecule has 0 aliphatic rings. The molecule has 7 heteroatoms. The van der Waals surface area contributed by atoms with E-state index in [1.54, 1.807) is 13.8 Å². The molecule has 4 N–H and O–H groups in total. The number of nitrogens with one attached hydrogen (secondary N) is 1. The van der Waals surface area contributed by atoms with Crippen LogP contribution in [-0.4, -0.2) is 47.5 Å². The molecule has 0 aliphatic heterocycles. The fourth-order valence-corrected chi connectivity index (χ4v) is 1.32. The van der Waals surface area contributed by atoms with Crippen LogP contribution < -0.4 is 11.1 Å². The van der Waals surface area contributed by atoms with E-state index in [4.69, 9.17) is 10.8 Å². The number of carbonyl (C=O) groups excluding carboxylic acids is 2. The van der Waals surface area contributed by atoms with E-state index >= 15 is 0 Å². The first-order valence-electron chi connectivity index (χ1n) is 6.10. The van der Waals surface area contributed by atoms with Crippen LogP contribution in [-0.2, 0) is 9.59 Å². The number of carboxylic acids is 1. The minimum absolute atomic E-state index is 0.0649. The topological polar surface area (TPSA) is 113 Å². The van der Waals surface area contributed by atoms with Crippen molar-refractivity contribution in [1.82, 2.24) is 10.2 Å². The van der Waals surface area contributed by atoms with Gasteiger partial charge in [0.2, 0.25) is 5.91 Å². The Kier molecular flexibility index (Phi) is 6.31. The van der Waals surface area contributed by atoms with Crippen LogP contribution in [0.25, 0.3) is 0 Å². The van der Waals surface area contributed by atoms with Crippen molar-refractivity contribution in [2.24, 2.45) is 17.1 Å². The molecule has 0 unspecified atom stereocenters. The predicted molar refractivity (Wildman–Crippen MR) is 70.4 cm³/mol. The summed E-state index contributed by atoms with van der Waals surface area (Å²) in [7, 11) is 0. The normalized spacial score (nSPS) is 11.2. The molecule has 110 valence electrons. The fourth-order valence-electron chi connectivity index (χ4n) is 1.32. The highest BCUT2D eigenvalue weighted by Gasteiger charge is 2.27. The van der Waals surface area contributed by atoms with E-state index in [1.807, 2.05) is 13.8 Å². The molecular formula is C12H23N3O4. The van der Waals surface area contributed by atoms with Crippen LogP contribution >= 0.6 is 0 Å². The number of rotatable bonds is 7. The summed E-state index contributed by atoms with van der Waals surface area (Å²) in [4.78, 5) is 34.9. The van der Waals surface area contributed by atoms with Gasteiger partial charge >= 0.3 is 12.0 Å². The van der Waals surface area contributed by atoms with Crippen molar-refractivity contribution in [3.05, 3.63) is 0 Å². The van der Waals surface area contributed by atoms with E-state index < -0.39 is 23.3 Å². The van der Waals surface area contributed by atoms with Crippen molar-refractivity contribution < 1.29 is 19.5 Å². The molecule has 0 fully saturated rings. The van der Waals surface area contributed by atoms with Crippen LogP contribution in [0, 0.1) is 11.3 Å². The molecule has 0 saturated carbocycles. The highest BCUT2D eigenvalue weighted by Crippen LogP contribution is 2.12.